The molecule has 0 spiro atoms. The highest BCUT2D eigenvalue weighted by molar-refractivity contribution is 7.92. The molecule has 8 nitrogen and oxygen atoms in total. The van der Waals surface area contributed by atoms with Crippen LogP contribution >= 0.6 is 0 Å². The number of para-hydroxylation sites is 1. The number of benzene rings is 2. The van der Waals surface area contributed by atoms with E-state index in [2.05, 4.69) is 10.2 Å². The number of nitrogens with zero attached hydrogens (tertiary/aromatic N) is 2. The average molecular weight is 492 g/mol. The number of hydrogen-bond donors (Lipinski definition) is 1. The van der Waals surface area contributed by atoms with Crippen molar-refractivity contribution >= 4 is 31.5 Å². The molecular weight excluding hydrogens is 462 g/mol. The van der Waals surface area contributed by atoms with E-state index in [1.165, 1.54) is 35.6 Å². The van der Waals surface area contributed by atoms with Crippen LogP contribution in [0.5, 0.6) is 0 Å². The summed E-state index contributed by atoms with van der Waals surface area (Å²) in [5.41, 5.74) is 0.823. The number of anilines is 1. The number of rotatable bonds is 6. The highest BCUT2D eigenvalue weighted by Gasteiger charge is 2.42. The Balaban J connectivity index is 1.48. The van der Waals surface area contributed by atoms with E-state index >= 15 is 0 Å². The molecule has 2 saturated heterocycles. The number of piperidine rings is 1. The minimum Gasteiger partial charge on any atom is -0.347 e. The highest BCUT2D eigenvalue weighted by atomic mass is 32.2. The molecule has 2 heterocycles. The zero-order valence-electron chi connectivity index (χ0n) is 18.6. The van der Waals surface area contributed by atoms with Crippen LogP contribution in [0.25, 0.3) is 0 Å². The highest BCUT2D eigenvalue weighted by Crippen LogP contribution is 2.24. The Morgan fingerprint density at radius 2 is 1.61 bits per heavy atom. The quantitative estimate of drug-likeness (QED) is 0.662. The first-order valence-corrected chi connectivity index (χ1v) is 14.3. The lowest BCUT2D eigenvalue weighted by molar-refractivity contribution is 0.0900. The molecular formula is C23H29N3O5S2. The van der Waals surface area contributed by atoms with Gasteiger partial charge in [-0.1, -0.05) is 24.6 Å². The van der Waals surface area contributed by atoms with Crippen molar-refractivity contribution in [3.05, 3.63) is 60.2 Å². The molecule has 0 unspecified atom stereocenters. The zero-order valence-corrected chi connectivity index (χ0v) is 20.2. The first-order valence-electron chi connectivity index (χ1n) is 11.1. The molecule has 10 heteroatoms. The van der Waals surface area contributed by atoms with Crippen LogP contribution in [0.15, 0.2) is 59.5 Å². The van der Waals surface area contributed by atoms with Gasteiger partial charge in [-0.3, -0.25) is 14.0 Å². The molecule has 0 aromatic heterocycles. The Bertz CT molecular complexity index is 1190. The maximum Gasteiger partial charge on any atom is 0.264 e. The minimum absolute atomic E-state index is 0.0565. The second kappa shape index (κ2) is 9.44. The molecule has 2 atom stereocenters. The molecule has 2 aromatic carbocycles. The second-order valence-corrected chi connectivity index (χ2v) is 12.8. The molecule has 33 heavy (non-hydrogen) atoms. The number of likely N-dealkylation sites (tertiary alicyclic amines) is 1. The SMILES string of the molecule is CN(c1ccccc1)S(=O)(=O)c1ccc(C(=O)N[C@@H]2CS(=O)(=O)C[C@H]2N2CCCCC2)cc1. The summed E-state index contributed by atoms with van der Waals surface area (Å²) in [5.74, 6) is -0.422. The Kier molecular flexibility index (Phi) is 6.78. The third-order valence-corrected chi connectivity index (χ3v) is 9.91. The molecule has 0 bridgehead atoms. The lowest BCUT2D eigenvalue weighted by Crippen LogP contribution is -2.52. The van der Waals surface area contributed by atoms with Gasteiger partial charge < -0.3 is 5.32 Å². The van der Waals surface area contributed by atoms with Crippen molar-refractivity contribution < 1.29 is 21.6 Å². The first kappa shape index (κ1) is 23.7. The molecule has 0 aliphatic carbocycles. The van der Waals surface area contributed by atoms with Crippen molar-refractivity contribution in [1.29, 1.82) is 0 Å². The van der Waals surface area contributed by atoms with E-state index in [0.717, 1.165) is 32.4 Å². The Morgan fingerprint density at radius 1 is 0.970 bits per heavy atom. The molecule has 2 fully saturated rings. The van der Waals surface area contributed by atoms with E-state index in [1.807, 2.05) is 6.07 Å². The fourth-order valence-electron chi connectivity index (χ4n) is 4.54. The number of nitrogens with one attached hydrogen (secondary N) is 1. The standard InChI is InChI=1S/C23H29N3O5S2/c1-25(19-8-4-2-5-9-19)33(30,31)20-12-10-18(11-13-20)23(27)24-21-16-32(28,29)17-22(21)26-14-6-3-7-15-26/h2,4-5,8-13,21-22H,3,6-7,14-17H2,1H3,(H,24,27)/t21-,22-/m1/s1. The summed E-state index contributed by atoms with van der Waals surface area (Å²) in [4.78, 5) is 15.1. The molecule has 2 aliphatic heterocycles. The fraction of sp³-hybridized carbons (Fsp3) is 0.435. The van der Waals surface area contributed by atoms with Crippen LogP contribution in [-0.4, -0.2) is 71.4 Å². The molecule has 2 aliphatic rings. The topological polar surface area (TPSA) is 104 Å². The Morgan fingerprint density at radius 3 is 2.24 bits per heavy atom. The van der Waals surface area contributed by atoms with Gasteiger partial charge in [0.15, 0.2) is 9.84 Å². The molecule has 4 rings (SSSR count). The molecule has 1 N–H and O–H groups in total. The van der Waals surface area contributed by atoms with Crippen LogP contribution in [0, 0.1) is 0 Å². The van der Waals surface area contributed by atoms with E-state index in [-0.39, 0.29) is 28.0 Å². The second-order valence-electron chi connectivity index (χ2n) is 8.65. The van der Waals surface area contributed by atoms with Gasteiger partial charge in [0.1, 0.15) is 0 Å². The van der Waals surface area contributed by atoms with Crippen LogP contribution < -0.4 is 9.62 Å². The van der Waals surface area contributed by atoms with Crippen LogP contribution in [0.4, 0.5) is 5.69 Å². The van der Waals surface area contributed by atoms with Crippen LogP contribution in [-0.2, 0) is 19.9 Å². The normalized spacial score (nSPS) is 23.2. The largest absolute Gasteiger partial charge is 0.347 e. The van der Waals surface area contributed by atoms with Gasteiger partial charge in [-0.2, -0.15) is 0 Å². The van der Waals surface area contributed by atoms with E-state index < -0.39 is 31.8 Å². The number of sulfonamides is 1. The molecule has 0 saturated carbocycles. The maximum absolute atomic E-state index is 12.9. The smallest absolute Gasteiger partial charge is 0.264 e. The van der Waals surface area contributed by atoms with Gasteiger partial charge in [0.2, 0.25) is 0 Å². The summed E-state index contributed by atoms with van der Waals surface area (Å²) in [6.07, 6.45) is 3.21. The van der Waals surface area contributed by atoms with Gasteiger partial charge in [0.25, 0.3) is 15.9 Å². The third-order valence-electron chi connectivity index (χ3n) is 6.39. The summed E-state index contributed by atoms with van der Waals surface area (Å²) in [6, 6.07) is 13.7. The lowest BCUT2D eigenvalue weighted by Gasteiger charge is -2.35. The van der Waals surface area contributed by atoms with Crippen molar-refractivity contribution in [3.8, 4) is 0 Å². The predicted molar refractivity (Wildman–Crippen MR) is 128 cm³/mol. The van der Waals surface area contributed by atoms with Crippen molar-refractivity contribution in [2.45, 2.75) is 36.2 Å². The number of amides is 1. The van der Waals surface area contributed by atoms with E-state index in [1.54, 1.807) is 24.3 Å². The van der Waals surface area contributed by atoms with Crippen LogP contribution in [0.3, 0.4) is 0 Å². The fourth-order valence-corrected chi connectivity index (χ4v) is 7.69. The van der Waals surface area contributed by atoms with Crippen molar-refractivity contribution in [2.75, 3.05) is 35.9 Å². The van der Waals surface area contributed by atoms with Crippen molar-refractivity contribution in [1.82, 2.24) is 10.2 Å². The number of hydrogen-bond acceptors (Lipinski definition) is 6. The molecule has 1 amide bonds. The number of sulfone groups is 1. The number of carbonyl (C=O) groups excluding carboxylic acids is 1. The molecule has 0 radical (unpaired) electrons. The van der Waals surface area contributed by atoms with Crippen LogP contribution in [0.2, 0.25) is 0 Å². The molecule has 178 valence electrons. The van der Waals surface area contributed by atoms with E-state index in [0.29, 0.717) is 5.69 Å². The lowest BCUT2D eigenvalue weighted by atomic mass is 10.0. The summed E-state index contributed by atoms with van der Waals surface area (Å²) < 4.78 is 51.7. The summed E-state index contributed by atoms with van der Waals surface area (Å²) in [7, 11) is -5.53. The predicted octanol–water partition coefficient (Wildman–Crippen LogP) is 1.89. The van der Waals surface area contributed by atoms with E-state index in [9.17, 15) is 21.6 Å². The van der Waals surface area contributed by atoms with Gasteiger partial charge in [0, 0.05) is 18.7 Å². The molecule has 2 aromatic rings. The third kappa shape index (κ3) is 5.23. The minimum atomic E-state index is -3.78. The monoisotopic (exact) mass is 491 g/mol. The van der Waals surface area contributed by atoms with Gasteiger partial charge in [-0.25, -0.2) is 16.8 Å². The van der Waals surface area contributed by atoms with Crippen LogP contribution in [0.1, 0.15) is 29.6 Å². The van der Waals surface area contributed by atoms with Gasteiger partial charge in [-0.05, 0) is 62.3 Å². The summed E-state index contributed by atoms with van der Waals surface area (Å²) in [5, 5.41) is 2.89. The van der Waals surface area contributed by atoms with Crippen molar-refractivity contribution in [3.63, 3.8) is 0 Å². The van der Waals surface area contributed by atoms with Crippen molar-refractivity contribution in [2.24, 2.45) is 0 Å². The summed E-state index contributed by atoms with van der Waals surface area (Å²) >= 11 is 0. The van der Waals surface area contributed by atoms with E-state index in [4.69, 9.17) is 0 Å². The van der Waals surface area contributed by atoms with Gasteiger partial charge >= 0.3 is 0 Å². The van der Waals surface area contributed by atoms with Gasteiger partial charge in [0.05, 0.1) is 28.1 Å². The zero-order chi connectivity index (χ0) is 23.6. The average Bonchev–Trinajstić information content (AvgIpc) is 3.13. The Hall–Kier alpha value is -2.43. The first-order chi connectivity index (χ1) is 15.7. The van der Waals surface area contributed by atoms with Gasteiger partial charge in [-0.15, -0.1) is 0 Å². The summed E-state index contributed by atoms with van der Waals surface area (Å²) in [6.45, 7) is 1.68. The Labute approximate surface area is 195 Å². The number of carbonyl (C=O) groups is 1. The maximum atomic E-state index is 12.9.